The van der Waals surface area contributed by atoms with E-state index in [-0.39, 0.29) is 5.91 Å². The van der Waals surface area contributed by atoms with Crippen molar-refractivity contribution in [3.8, 4) is 22.7 Å². The number of benzene rings is 2. The minimum absolute atomic E-state index is 0.0246. The van der Waals surface area contributed by atoms with Crippen molar-refractivity contribution in [2.45, 2.75) is 20.3 Å². The molecule has 2 heterocycles. The lowest BCUT2D eigenvalue weighted by Gasteiger charge is -2.05. The smallest absolute Gasteiger partial charge is 0.229 e. The molecule has 0 radical (unpaired) electrons. The van der Waals surface area contributed by atoms with Crippen LogP contribution in [-0.4, -0.2) is 10.9 Å². The summed E-state index contributed by atoms with van der Waals surface area (Å²) in [6.45, 7) is 4.15. The van der Waals surface area contributed by atoms with E-state index in [0.29, 0.717) is 12.3 Å². The molecule has 4 aromatic rings. The van der Waals surface area contributed by atoms with Crippen LogP contribution in [0.5, 0.6) is 0 Å². The number of hydrogen-bond donors (Lipinski definition) is 1. The Labute approximate surface area is 167 Å². The minimum atomic E-state index is -0.0246. The van der Waals surface area contributed by atoms with Crippen molar-refractivity contribution in [3.05, 3.63) is 82.2 Å². The molecule has 0 atom stereocenters. The summed E-state index contributed by atoms with van der Waals surface area (Å²) in [7, 11) is 0. The van der Waals surface area contributed by atoms with Gasteiger partial charge < -0.3 is 9.73 Å². The molecule has 28 heavy (non-hydrogen) atoms. The molecule has 0 saturated heterocycles. The molecule has 4 rings (SSSR count). The van der Waals surface area contributed by atoms with Crippen molar-refractivity contribution >= 4 is 22.9 Å². The van der Waals surface area contributed by atoms with Crippen LogP contribution in [0, 0.1) is 13.8 Å². The van der Waals surface area contributed by atoms with Gasteiger partial charge in [0.05, 0.1) is 6.42 Å². The summed E-state index contributed by atoms with van der Waals surface area (Å²) in [6.07, 6.45) is 2.07. The Balaban J connectivity index is 1.47. The zero-order valence-corrected chi connectivity index (χ0v) is 16.5. The van der Waals surface area contributed by atoms with Crippen LogP contribution in [0.25, 0.3) is 22.7 Å². The van der Waals surface area contributed by atoms with Crippen molar-refractivity contribution in [1.82, 2.24) is 4.98 Å². The molecular formula is C23H20N2O2S. The summed E-state index contributed by atoms with van der Waals surface area (Å²) in [4.78, 5) is 17.8. The molecule has 0 bridgehead atoms. The van der Waals surface area contributed by atoms with Crippen LogP contribution >= 0.6 is 11.3 Å². The number of aromatic nitrogens is 1. The van der Waals surface area contributed by atoms with Gasteiger partial charge in [0.2, 0.25) is 11.8 Å². The second-order valence-corrected chi connectivity index (χ2v) is 7.77. The number of hydrogen-bond acceptors (Lipinski definition) is 4. The van der Waals surface area contributed by atoms with E-state index in [1.54, 1.807) is 17.6 Å². The van der Waals surface area contributed by atoms with E-state index in [1.165, 1.54) is 11.1 Å². The maximum absolute atomic E-state index is 12.1. The standard InChI is InChI=1S/C23H20N2O2S/c1-15-5-10-20(16(2)12-15)21-14-27-23(25-21)17-6-8-18(9-7-17)24-22(26)13-19-4-3-11-28-19/h3-12,14H,13H2,1-2H3,(H,24,26). The van der Waals surface area contributed by atoms with E-state index in [1.807, 2.05) is 41.8 Å². The quantitative estimate of drug-likeness (QED) is 0.465. The number of anilines is 1. The second kappa shape index (κ2) is 7.82. The normalized spacial score (nSPS) is 10.8. The molecule has 0 unspecified atom stereocenters. The molecule has 1 N–H and O–H groups in total. The van der Waals surface area contributed by atoms with Crippen LogP contribution in [0.2, 0.25) is 0 Å². The Morgan fingerprint density at radius 2 is 1.93 bits per heavy atom. The van der Waals surface area contributed by atoms with Crippen LogP contribution in [0.3, 0.4) is 0 Å². The molecule has 140 valence electrons. The molecule has 4 nitrogen and oxygen atoms in total. The van der Waals surface area contributed by atoms with Gasteiger partial charge in [-0.2, -0.15) is 0 Å². The van der Waals surface area contributed by atoms with E-state index in [2.05, 4.69) is 42.3 Å². The van der Waals surface area contributed by atoms with Crippen molar-refractivity contribution in [2.75, 3.05) is 5.32 Å². The summed E-state index contributed by atoms with van der Waals surface area (Å²) in [5, 5.41) is 4.89. The first-order chi connectivity index (χ1) is 13.6. The largest absolute Gasteiger partial charge is 0.444 e. The van der Waals surface area contributed by atoms with Crippen LogP contribution in [0.1, 0.15) is 16.0 Å². The fourth-order valence-electron chi connectivity index (χ4n) is 3.10. The molecule has 2 aromatic carbocycles. The monoisotopic (exact) mass is 388 g/mol. The number of carbonyl (C=O) groups excluding carboxylic acids is 1. The Kier molecular flexibility index (Phi) is 5.08. The molecule has 0 fully saturated rings. The maximum Gasteiger partial charge on any atom is 0.229 e. The van der Waals surface area contributed by atoms with Gasteiger partial charge in [0.1, 0.15) is 12.0 Å². The first-order valence-corrected chi connectivity index (χ1v) is 9.92. The zero-order valence-electron chi connectivity index (χ0n) is 15.7. The number of thiophene rings is 1. The van der Waals surface area contributed by atoms with Gasteiger partial charge in [-0.25, -0.2) is 4.98 Å². The van der Waals surface area contributed by atoms with E-state index in [0.717, 1.165) is 27.4 Å². The fourth-order valence-corrected chi connectivity index (χ4v) is 3.81. The third-order valence-electron chi connectivity index (χ3n) is 4.49. The van der Waals surface area contributed by atoms with Gasteiger partial charge in [-0.05, 0) is 55.1 Å². The SMILES string of the molecule is Cc1ccc(-c2coc(-c3ccc(NC(=O)Cc4cccs4)cc3)n2)c(C)c1. The Morgan fingerprint density at radius 3 is 2.64 bits per heavy atom. The van der Waals surface area contributed by atoms with Gasteiger partial charge in [0, 0.05) is 21.7 Å². The average molecular weight is 388 g/mol. The average Bonchev–Trinajstić information content (AvgIpc) is 3.34. The summed E-state index contributed by atoms with van der Waals surface area (Å²) in [5.74, 6) is 0.537. The third-order valence-corrected chi connectivity index (χ3v) is 5.37. The number of carbonyl (C=O) groups is 1. The molecule has 0 spiro atoms. The second-order valence-electron chi connectivity index (χ2n) is 6.74. The van der Waals surface area contributed by atoms with E-state index < -0.39 is 0 Å². The van der Waals surface area contributed by atoms with Crippen LogP contribution in [0.15, 0.2) is 70.7 Å². The van der Waals surface area contributed by atoms with Crippen molar-refractivity contribution in [1.29, 1.82) is 0 Å². The number of nitrogens with one attached hydrogen (secondary N) is 1. The van der Waals surface area contributed by atoms with Crippen LogP contribution in [0.4, 0.5) is 5.69 Å². The zero-order chi connectivity index (χ0) is 19.5. The predicted octanol–water partition coefficient (Wildman–Crippen LogP) is 5.87. The van der Waals surface area contributed by atoms with Gasteiger partial charge >= 0.3 is 0 Å². The summed E-state index contributed by atoms with van der Waals surface area (Å²) in [6, 6.07) is 17.7. The molecule has 0 aliphatic rings. The number of amides is 1. The van der Waals surface area contributed by atoms with Gasteiger partial charge in [-0.1, -0.05) is 29.8 Å². The van der Waals surface area contributed by atoms with Crippen LogP contribution in [-0.2, 0) is 11.2 Å². The van der Waals surface area contributed by atoms with E-state index in [9.17, 15) is 4.79 Å². The molecule has 1 amide bonds. The molecular weight excluding hydrogens is 368 g/mol. The molecule has 5 heteroatoms. The number of nitrogens with zero attached hydrogens (tertiary/aromatic N) is 1. The summed E-state index contributed by atoms with van der Waals surface area (Å²) in [5.41, 5.74) is 5.91. The fraction of sp³-hybridized carbons (Fsp3) is 0.130. The Morgan fingerprint density at radius 1 is 1.11 bits per heavy atom. The van der Waals surface area contributed by atoms with Gasteiger partial charge in [-0.15, -0.1) is 11.3 Å². The van der Waals surface area contributed by atoms with Gasteiger partial charge in [0.25, 0.3) is 0 Å². The lowest BCUT2D eigenvalue weighted by Crippen LogP contribution is -2.13. The van der Waals surface area contributed by atoms with Crippen molar-refractivity contribution in [3.63, 3.8) is 0 Å². The van der Waals surface area contributed by atoms with Gasteiger partial charge in [0.15, 0.2) is 0 Å². The van der Waals surface area contributed by atoms with E-state index >= 15 is 0 Å². The molecule has 0 aliphatic heterocycles. The van der Waals surface area contributed by atoms with E-state index in [4.69, 9.17) is 4.42 Å². The first-order valence-electron chi connectivity index (χ1n) is 9.04. The molecule has 0 saturated carbocycles. The van der Waals surface area contributed by atoms with Gasteiger partial charge in [-0.3, -0.25) is 4.79 Å². The highest BCUT2D eigenvalue weighted by Crippen LogP contribution is 2.28. The number of oxazole rings is 1. The molecule has 2 aromatic heterocycles. The highest BCUT2D eigenvalue weighted by Gasteiger charge is 2.11. The number of aryl methyl sites for hydroxylation is 2. The lowest BCUT2D eigenvalue weighted by molar-refractivity contribution is -0.115. The van der Waals surface area contributed by atoms with Crippen LogP contribution < -0.4 is 5.32 Å². The summed E-state index contributed by atoms with van der Waals surface area (Å²) < 4.78 is 5.68. The summed E-state index contributed by atoms with van der Waals surface area (Å²) >= 11 is 1.58. The van der Waals surface area contributed by atoms with Crippen molar-refractivity contribution in [2.24, 2.45) is 0 Å². The first kappa shape index (κ1) is 18.2. The maximum atomic E-state index is 12.1. The Bertz CT molecular complexity index is 1100. The molecule has 0 aliphatic carbocycles. The topological polar surface area (TPSA) is 55.1 Å². The minimum Gasteiger partial charge on any atom is -0.444 e. The Hall–Kier alpha value is -3.18. The highest BCUT2D eigenvalue weighted by molar-refractivity contribution is 7.10. The lowest BCUT2D eigenvalue weighted by atomic mass is 10.0. The number of rotatable bonds is 5. The highest BCUT2D eigenvalue weighted by atomic mass is 32.1. The third kappa shape index (κ3) is 4.05. The van der Waals surface area contributed by atoms with Crippen molar-refractivity contribution < 1.29 is 9.21 Å². The predicted molar refractivity (Wildman–Crippen MR) is 114 cm³/mol.